The number of hydrogen-bond donors (Lipinski definition) is 0. The molecule has 7 heteroatoms. The van der Waals surface area contributed by atoms with E-state index in [0.29, 0.717) is 19.6 Å². The van der Waals surface area contributed by atoms with Crippen molar-refractivity contribution in [2.75, 3.05) is 13.2 Å². The van der Waals surface area contributed by atoms with Gasteiger partial charge in [-0.2, -0.15) is 0 Å². The summed E-state index contributed by atoms with van der Waals surface area (Å²) in [5.41, 5.74) is 1.02. The molecule has 2 aromatic rings. The fraction of sp³-hybridized carbons (Fsp3) is 0.250. The Bertz CT molecular complexity index is 835. The first-order valence-electron chi connectivity index (χ1n) is 7.35. The second-order valence-corrected chi connectivity index (χ2v) is 11.3. The lowest BCUT2D eigenvalue weighted by molar-refractivity contribution is 0.287. The molecular formula is C16H18NO3PS2. The van der Waals surface area contributed by atoms with E-state index < -0.39 is 16.4 Å². The second-order valence-electron chi connectivity index (χ2n) is 5.41. The quantitative estimate of drug-likeness (QED) is 0.783. The van der Waals surface area contributed by atoms with Crippen molar-refractivity contribution >= 4 is 33.6 Å². The molecular weight excluding hydrogens is 349 g/mol. The molecule has 1 fully saturated rings. The molecule has 2 aromatic carbocycles. The fourth-order valence-corrected chi connectivity index (χ4v) is 8.92. The van der Waals surface area contributed by atoms with E-state index in [1.165, 1.54) is 4.08 Å². The number of nitrogens with zero attached hydrogens (tertiary/aromatic N) is 1. The molecule has 1 atom stereocenters. The van der Waals surface area contributed by atoms with Gasteiger partial charge in [0, 0.05) is 11.8 Å². The molecule has 1 heterocycles. The summed E-state index contributed by atoms with van der Waals surface area (Å²) in [6, 6.07) is 16.2. The summed E-state index contributed by atoms with van der Waals surface area (Å²) in [5.74, 6) is 0. The van der Waals surface area contributed by atoms with Crippen molar-refractivity contribution in [2.45, 2.75) is 18.2 Å². The highest BCUT2D eigenvalue weighted by molar-refractivity contribution is 8.18. The van der Waals surface area contributed by atoms with E-state index in [9.17, 15) is 8.42 Å². The second kappa shape index (κ2) is 6.46. The molecule has 122 valence electrons. The molecule has 0 amide bonds. The molecule has 0 aromatic heterocycles. The third-order valence-corrected chi connectivity index (χ3v) is 10.8. The van der Waals surface area contributed by atoms with Gasteiger partial charge in [0.05, 0.1) is 11.5 Å². The average Bonchev–Trinajstić information content (AvgIpc) is 2.56. The summed E-state index contributed by atoms with van der Waals surface area (Å²) in [6.07, 6.45) is -2.15. The van der Waals surface area contributed by atoms with Gasteiger partial charge in [0.15, 0.2) is 6.42 Å². The predicted octanol–water partition coefficient (Wildman–Crippen LogP) is 3.04. The van der Waals surface area contributed by atoms with Gasteiger partial charge in [0.2, 0.25) is 10.0 Å². The van der Waals surface area contributed by atoms with E-state index >= 15 is 0 Å². The lowest BCUT2D eigenvalue weighted by Crippen LogP contribution is -2.37. The Balaban J connectivity index is 2.08. The van der Waals surface area contributed by atoms with E-state index in [2.05, 4.69) is 0 Å². The van der Waals surface area contributed by atoms with E-state index in [0.717, 1.165) is 10.9 Å². The van der Waals surface area contributed by atoms with Crippen LogP contribution in [0.2, 0.25) is 0 Å². The van der Waals surface area contributed by atoms with Gasteiger partial charge >= 0.3 is 0 Å². The number of benzene rings is 2. The van der Waals surface area contributed by atoms with Crippen LogP contribution in [-0.2, 0) is 26.4 Å². The van der Waals surface area contributed by atoms with Gasteiger partial charge in [-0.15, -0.1) is 4.08 Å². The maximum absolute atomic E-state index is 13.1. The van der Waals surface area contributed by atoms with Crippen molar-refractivity contribution in [2.24, 2.45) is 0 Å². The van der Waals surface area contributed by atoms with E-state index in [4.69, 9.17) is 16.3 Å². The van der Waals surface area contributed by atoms with E-state index in [1.54, 1.807) is 24.3 Å². The first-order valence-corrected chi connectivity index (χ1v) is 11.5. The summed E-state index contributed by atoms with van der Waals surface area (Å²) < 4.78 is 33.5. The predicted molar refractivity (Wildman–Crippen MR) is 96.0 cm³/mol. The molecule has 0 saturated carbocycles. The number of sulfonamides is 1. The van der Waals surface area contributed by atoms with Crippen molar-refractivity contribution in [3.8, 4) is 0 Å². The Morgan fingerprint density at radius 3 is 2.39 bits per heavy atom. The molecule has 0 aliphatic carbocycles. The molecule has 0 N–H and O–H groups in total. The lowest BCUT2D eigenvalue weighted by Gasteiger charge is -2.37. The van der Waals surface area contributed by atoms with Crippen LogP contribution in [0.1, 0.15) is 12.0 Å². The Morgan fingerprint density at radius 2 is 1.74 bits per heavy atom. The summed E-state index contributed by atoms with van der Waals surface area (Å²) in [7, 11) is -3.68. The van der Waals surface area contributed by atoms with Crippen LogP contribution in [0.4, 0.5) is 0 Å². The maximum atomic E-state index is 13.1. The van der Waals surface area contributed by atoms with Gasteiger partial charge in [-0.3, -0.25) is 0 Å². The molecule has 0 radical (unpaired) electrons. The monoisotopic (exact) mass is 367 g/mol. The van der Waals surface area contributed by atoms with E-state index in [-0.39, 0.29) is 4.90 Å². The van der Waals surface area contributed by atoms with Crippen LogP contribution in [0.3, 0.4) is 0 Å². The maximum Gasteiger partial charge on any atom is 0.248 e. The van der Waals surface area contributed by atoms with E-state index in [1.807, 2.05) is 37.3 Å². The van der Waals surface area contributed by atoms with Crippen LogP contribution in [0.25, 0.3) is 0 Å². The minimum absolute atomic E-state index is 0.263. The highest BCUT2D eigenvalue weighted by atomic mass is 32.5. The van der Waals surface area contributed by atoms with Gasteiger partial charge in [-0.05, 0) is 37.3 Å². The molecule has 1 saturated heterocycles. The molecule has 3 rings (SSSR count). The normalized spacial score (nSPS) is 22.8. The zero-order chi connectivity index (χ0) is 16.5. The van der Waals surface area contributed by atoms with Gasteiger partial charge < -0.3 is 4.52 Å². The topological polar surface area (TPSA) is 46.6 Å². The summed E-state index contributed by atoms with van der Waals surface area (Å²) in [6.45, 7) is 2.81. The van der Waals surface area contributed by atoms with Crippen LogP contribution >= 0.6 is 6.42 Å². The lowest BCUT2D eigenvalue weighted by atomic mass is 10.2. The molecule has 4 nitrogen and oxygen atoms in total. The Kier molecular flexibility index (Phi) is 4.72. The number of hydrogen-bond acceptors (Lipinski definition) is 4. The Morgan fingerprint density at radius 1 is 1.09 bits per heavy atom. The first kappa shape index (κ1) is 16.8. The minimum Gasteiger partial charge on any atom is -0.334 e. The summed E-state index contributed by atoms with van der Waals surface area (Å²) in [5, 5.41) is 0.769. The molecule has 1 unspecified atom stereocenters. The molecule has 1 aliphatic heterocycles. The third-order valence-electron chi connectivity index (χ3n) is 3.73. The Hall–Kier alpha value is -1.04. The molecule has 1 aliphatic rings. The highest BCUT2D eigenvalue weighted by Gasteiger charge is 2.40. The summed E-state index contributed by atoms with van der Waals surface area (Å²) in [4.78, 5) is 0.263. The van der Waals surface area contributed by atoms with Crippen LogP contribution in [0.15, 0.2) is 59.5 Å². The van der Waals surface area contributed by atoms with Gasteiger partial charge in [0.25, 0.3) is 0 Å². The zero-order valence-corrected chi connectivity index (χ0v) is 15.3. The smallest absolute Gasteiger partial charge is 0.248 e. The van der Waals surface area contributed by atoms with Crippen LogP contribution in [0, 0.1) is 6.92 Å². The average molecular weight is 367 g/mol. The van der Waals surface area contributed by atoms with Crippen molar-refractivity contribution in [1.82, 2.24) is 4.08 Å². The van der Waals surface area contributed by atoms with Crippen LogP contribution in [-0.4, -0.2) is 25.6 Å². The van der Waals surface area contributed by atoms with Gasteiger partial charge in [-0.1, -0.05) is 48.0 Å². The van der Waals surface area contributed by atoms with Crippen molar-refractivity contribution in [1.29, 1.82) is 0 Å². The molecule has 23 heavy (non-hydrogen) atoms. The standard InChI is InChI=1S/C16H18NO3PS2/c1-14-8-10-16(11-9-14)23(18,19)17-12-5-13-20-21(17,22)15-6-3-2-4-7-15/h2-4,6-11H,5,12-13H2,1H3. The molecule has 0 spiro atoms. The minimum atomic E-state index is -3.68. The van der Waals surface area contributed by atoms with Crippen LogP contribution in [0.5, 0.6) is 0 Å². The van der Waals surface area contributed by atoms with Gasteiger partial charge in [-0.25, -0.2) is 8.42 Å². The Labute approximate surface area is 142 Å². The van der Waals surface area contributed by atoms with Gasteiger partial charge in [0.1, 0.15) is 0 Å². The molecule has 0 bridgehead atoms. The number of rotatable bonds is 3. The SMILES string of the molecule is Cc1ccc(S(=O)(=O)N2CCCOP2(=S)c2ccccc2)cc1. The first-order chi connectivity index (χ1) is 10.9. The highest BCUT2D eigenvalue weighted by Crippen LogP contribution is 2.55. The fourth-order valence-electron chi connectivity index (χ4n) is 2.50. The van der Waals surface area contributed by atoms with Crippen molar-refractivity contribution < 1.29 is 12.9 Å². The third kappa shape index (κ3) is 3.14. The van der Waals surface area contributed by atoms with Crippen molar-refractivity contribution in [3.63, 3.8) is 0 Å². The largest absolute Gasteiger partial charge is 0.334 e. The van der Waals surface area contributed by atoms with Crippen molar-refractivity contribution in [3.05, 3.63) is 60.2 Å². The van der Waals surface area contributed by atoms with Crippen LogP contribution < -0.4 is 5.30 Å². The zero-order valence-electron chi connectivity index (χ0n) is 12.8. The number of aryl methyl sites for hydroxylation is 1. The summed E-state index contributed by atoms with van der Waals surface area (Å²) >= 11 is 5.75.